The number of carbonyl (C=O) groups excluding carboxylic acids is 1. The quantitative estimate of drug-likeness (QED) is 0.199. The summed E-state index contributed by atoms with van der Waals surface area (Å²) in [6, 6.07) is 0. The molecule has 8 heteroatoms. The van der Waals surface area contributed by atoms with E-state index in [-0.39, 0.29) is 36.4 Å². The first-order valence-electron chi connectivity index (χ1n) is 8.70. The van der Waals surface area contributed by atoms with Crippen LogP contribution in [0.5, 0.6) is 0 Å². The molecule has 24 heavy (non-hydrogen) atoms. The highest BCUT2D eigenvalue weighted by atomic mass is 127. The van der Waals surface area contributed by atoms with Gasteiger partial charge < -0.3 is 25.4 Å². The Hall–Kier alpha value is -0.610. The van der Waals surface area contributed by atoms with Crippen LogP contribution in [0.1, 0.15) is 33.1 Å². The van der Waals surface area contributed by atoms with E-state index in [1.165, 1.54) is 0 Å². The lowest BCUT2D eigenvalue weighted by atomic mass is 10.0. The molecule has 1 aliphatic rings. The molecular formula is C16H33IN4O3. The van der Waals surface area contributed by atoms with E-state index in [1.807, 2.05) is 13.8 Å². The van der Waals surface area contributed by atoms with Crippen LogP contribution in [0.2, 0.25) is 0 Å². The average Bonchev–Trinajstić information content (AvgIpc) is 2.57. The molecule has 1 fully saturated rings. The number of likely N-dealkylation sites (N-methyl/N-ethyl adjacent to an activating group) is 1. The van der Waals surface area contributed by atoms with Gasteiger partial charge in [0.05, 0.1) is 0 Å². The largest absolute Gasteiger partial charge is 0.381 e. The van der Waals surface area contributed by atoms with Gasteiger partial charge in [-0.15, -0.1) is 24.0 Å². The fraction of sp³-hybridized carbons (Fsp3) is 0.875. The third-order valence-electron chi connectivity index (χ3n) is 3.55. The van der Waals surface area contributed by atoms with Crippen LogP contribution in [0, 0.1) is 5.92 Å². The van der Waals surface area contributed by atoms with E-state index < -0.39 is 0 Å². The van der Waals surface area contributed by atoms with Crippen molar-refractivity contribution in [2.75, 3.05) is 52.6 Å². The molecular weight excluding hydrogens is 423 g/mol. The second-order valence-corrected chi connectivity index (χ2v) is 5.56. The molecule has 3 N–H and O–H groups in total. The highest BCUT2D eigenvalue weighted by Crippen LogP contribution is 2.14. The standard InChI is InChI=1S/C16H32N4O3.HI/c1-3-17-15(21)12-20-16(18-4-2)19-8-5-9-23-13-14-6-10-22-11-7-14;/h14H,3-13H2,1-2H3,(H,17,21)(H2,18,19,20);1H. The Morgan fingerprint density at radius 1 is 1.17 bits per heavy atom. The number of nitrogens with zero attached hydrogens (tertiary/aromatic N) is 1. The van der Waals surface area contributed by atoms with Crippen molar-refractivity contribution >= 4 is 35.8 Å². The fourth-order valence-electron chi connectivity index (χ4n) is 2.29. The SMILES string of the molecule is CCNC(=O)CN=C(NCC)NCCCOCC1CCOCC1.I. The van der Waals surface area contributed by atoms with Crippen LogP contribution in [-0.4, -0.2) is 64.5 Å². The summed E-state index contributed by atoms with van der Waals surface area (Å²) in [7, 11) is 0. The van der Waals surface area contributed by atoms with Crippen molar-refractivity contribution in [3.8, 4) is 0 Å². The highest BCUT2D eigenvalue weighted by molar-refractivity contribution is 14.0. The molecule has 1 heterocycles. The van der Waals surface area contributed by atoms with Gasteiger partial charge in [0.25, 0.3) is 0 Å². The summed E-state index contributed by atoms with van der Waals surface area (Å²) in [5.41, 5.74) is 0. The number of guanidine groups is 1. The van der Waals surface area contributed by atoms with Gasteiger partial charge in [0.15, 0.2) is 5.96 Å². The molecule has 7 nitrogen and oxygen atoms in total. The maximum atomic E-state index is 11.4. The Labute approximate surface area is 162 Å². The Morgan fingerprint density at radius 3 is 2.54 bits per heavy atom. The molecule has 0 aromatic rings. The molecule has 0 saturated carbocycles. The van der Waals surface area contributed by atoms with Gasteiger partial charge in [0.2, 0.25) is 5.91 Å². The zero-order valence-corrected chi connectivity index (χ0v) is 17.3. The Kier molecular flexibility index (Phi) is 15.5. The second kappa shape index (κ2) is 15.9. The summed E-state index contributed by atoms with van der Waals surface area (Å²) in [6.45, 7) is 9.50. The smallest absolute Gasteiger partial charge is 0.241 e. The third-order valence-corrected chi connectivity index (χ3v) is 3.55. The predicted octanol–water partition coefficient (Wildman–Crippen LogP) is 1.13. The van der Waals surface area contributed by atoms with E-state index in [2.05, 4.69) is 20.9 Å². The summed E-state index contributed by atoms with van der Waals surface area (Å²) in [5, 5.41) is 9.07. The normalized spacial score (nSPS) is 15.5. The molecule has 1 rings (SSSR count). The first kappa shape index (κ1) is 23.4. The maximum absolute atomic E-state index is 11.4. The lowest BCUT2D eigenvalue weighted by Gasteiger charge is -2.21. The lowest BCUT2D eigenvalue weighted by Crippen LogP contribution is -2.39. The number of aliphatic imine (C=N–C) groups is 1. The number of hydrogen-bond acceptors (Lipinski definition) is 4. The van der Waals surface area contributed by atoms with Crippen LogP contribution in [0.15, 0.2) is 4.99 Å². The zero-order chi connectivity index (χ0) is 16.8. The second-order valence-electron chi connectivity index (χ2n) is 5.56. The van der Waals surface area contributed by atoms with E-state index in [0.717, 1.165) is 58.8 Å². The summed E-state index contributed by atoms with van der Waals surface area (Å²) >= 11 is 0. The minimum absolute atomic E-state index is 0. The summed E-state index contributed by atoms with van der Waals surface area (Å²) in [6.07, 6.45) is 3.12. The Balaban J connectivity index is 0.00000529. The van der Waals surface area contributed by atoms with Crippen molar-refractivity contribution in [3.63, 3.8) is 0 Å². The molecule has 142 valence electrons. The van der Waals surface area contributed by atoms with Crippen LogP contribution >= 0.6 is 24.0 Å². The summed E-state index contributed by atoms with van der Waals surface area (Å²) < 4.78 is 11.1. The van der Waals surface area contributed by atoms with Crippen molar-refractivity contribution in [2.45, 2.75) is 33.1 Å². The van der Waals surface area contributed by atoms with Crippen LogP contribution in [-0.2, 0) is 14.3 Å². The first-order valence-corrected chi connectivity index (χ1v) is 8.70. The van der Waals surface area contributed by atoms with E-state index in [0.29, 0.717) is 18.4 Å². The molecule has 0 aromatic carbocycles. The highest BCUT2D eigenvalue weighted by Gasteiger charge is 2.13. The van der Waals surface area contributed by atoms with Crippen molar-refractivity contribution in [1.29, 1.82) is 0 Å². The molecule has 0 radical (unpaired) electrons. The zero-order valence-electron chi connectivity index (χ0n) is 14.9. The van der Waals surface area contributed by atoms with E-state index in [4.69, 9.17) is 9.47 Å². The first-order chi connectivity index (χ1) is 11.3. The molecule has 0 aliphatic carbocycles. The van der Waals surface area contributed by atoms with E-state index in [9.17, 15) is 4.79 Å². The fourth-order valence-corrected chi connectivity index (χ4v) is 2.29. The van der Waals surface area contributed by atoms with Crippen molar-refractivity contribution in [1.82, 2.24) is 16.0 Å². The molecule has 0 atom stereocenters. The summed E-state index contributed by atoms with van der Waals surface area (Å²) in [5.74, 6) is 1.25. The monoisotopic (exact) mass is 456 g/mol. The number of rotatable bonds is 10. The number of amides is 1. The van der Waals surface area contributed by atoms with Crippen LogP contribution in [0.4, 0.5) is 0 Å². The van der Waals surface area contributed by atoms with Gasteiger partial charge in [-0.05, 0) is 39.0 Å². The average molecular weight is 456 g/mol. The summed E-state index contributed by atoms with van der Waals surface area (Å²) in [4.78, 5) is 15.7. The molecule has 0 bridgehead atoms. The molecule has 0 unspecified atom stereocenters. The lowest BCUT2D eigenvalue weighted by molar-refractivity contribution is -0.119. The van der Waals surface area contributed by atoms with Crippen molar-refractivity contribution < 1.29 is 14.3 Å². The minimum Gasteiger partial charge on any atom is -0.381 e. The molecule has 1 aliphatic heterocycles. The van der Waals surface area contributed by atoms with Gasteiger partial charge in [-0.2, -0.15) is 0 Å². The van der Waals surface area contributed by atoms with Crippen LogP contribution in [0.3, 0.4) is 0 Å². The van der Waals surface area contributed by atoms with Crippen LogP contribution in [0.25, 0.3) is 0 Å². The van der Waals surface area contributed by atoms with Gasteiger partial charge >= 0.3 is 0 Å². The number of nitrogens with one attached hydrogen (secondary N) is 3. The number of ether oxygens (including phenoxy) is 2. The molecule has 1 amide bonds. The van der Waals surface area contributed by atoms with Crippen molar-refractivity contribution in [2.24, 2.45) is 10.9 Å². The van der Waals surface area contributed by atoms with Gasteiger partial charge in [-0.3, -0.25) is 4.79 Å². The Bertz CT molecular complexity index is 350. The maximum Gasteiger partial charge on any atom is 0.241 e. The third kappa shape index (κ3) is 11.9. The number of hydrogen-bond donors (Lipinski definition) is 3. The minimum atomic E-state index is -0.0653. The van der Waals surface area contributed by atoms with Gasteiger partial charge in [-0.25, -0.2) is 4.99 Å². The van der Waals surface area contributed by atoms with Crippen molar-refractivity contribution in [3.05, 3.63) is 0 Å². The van der Waals surface area contributed by atoms with Gasteiger partial charge in [0.1, 0.15) is 6.54 Å². The van der Waals surface area contributed by atoms with E-state index in [1.54, 1.807) is 0 Å². The predicted molar refractivity (Wildman–Crippen MR) is 107 cm³/mol. The van der Waals surface area contributed by atoms with E-state index >= 15 is 0 Å². The topological polar surface area (TPSA) is 84.0 Å². The van der Waals surface area contributed by atoms with Gasteiger partial charge in [0, 0.05) is 46.1 Å². The number of halogens is 1. The Morgan fingerprint density at radius 2 is 1.88 bits per heavy atom. The molecule has 1 saturated heterocycles. The molecule has 0 aromatic heterocycles. The van der Waals surface area contributed by atoms with Crippen LogP contribution < -0.4 is 16.0 Å². The molecule has 0 spiro atoms. The number of carbonyl (C=O) groups is 1. The van der Waals surface area contributed by atoms with Gasteiger partial charge in [-0.1, -0.05) is 0 Å².